The van der Waals surface area contributed by atoms with E-state index in [4.69, 9.17) is 4.98 Å². The van der Waals surface area contributed by atoms with Gasteiger partial charge >= 0.3 is 0 Å². The van der Waals surface area contributed by atoms with Crippen LogP contribution in [0.25, 0.3) is 11.3 Å². The van der Waals surface area contributed by atoms with Crippen LogP contribution in [0.3, 0.4) is 0 Å². The van der Waals surface area contributed by atoms with Crippen LogP contribution in [0.15, 0.2) is 30.3 Å². The third kappa shape index (κ3) is 3.92. The maximum absolute atomic E-state index is 9.97. The van der Waals surface area contributed by atoms with Gasteiger partial charge in [-0.25, -0.2) is 0 Å². The second kappa shape index (κ2) is 6.86. The first-order chi connectivity index (χ1) is 10.0. The highest BCUT2D eigenvalue weighted by Crippen LogP contribution is 2.27. The van der Waals surface area contributed by atoms with Gasteiger partial charge in [-0.2, -0.15) is 0 Å². The summed E-state index contributed by atoms with van der Waals surface area (Å²) in [6.45, 7) is 8.48. The van der Waals surface area contributed by atoms with Gasteiger partial charge in [0.25, 0.3) is 0 Å². The molecule has 0 amide bonds. The summed E-state index contributed by atoms with van der Waals surface area (Å²) in [4.78, 5) is 4.76. The molecule has 1 unspecified atom stereocenters. The number of aryl methyl sites for hydroxylation is 3. The van der Waals surface area contributed by atoms with Crippen LogP contribution in [0.5, 0.6) is 0 Å². The topological polar surface area (TPSA) is 33.1 Å². The maximum atomic E-state index is 9.97. The van der Waals surface area contributed by atoms with Crippen LogP contribution in [0.1, 0.15) is 42.1 Å². The van der Waals surface area contributed by atoms with Crippen molar-refractivity contribution in [2.45, 2.75) is 53.1 Å². The van der Waals surface area contributed by atoms with E-state index < -0.39 is 0 Å². The summed E-state index contributed by atoms with van der Waals surface area (Å²) in [6.07, 6.45) is 2.16. The van der Waals surface area contributed by atoms with E-state index in [1.54, 1.807) is 0 Å². The van der Waals surface area contributed by atoms with Crippen LogP contribution in [0.4, 0.5) is 0 Å². The molecule has 1 aromatic carbocycles. The Hall–Kier alpha value is -1.67. The summed E-state index contributed by atoms with van der Waals surface area (Å²) < 4.78 is 0. The molecule has 1 atom stereocenters. The number of benzene rings is 1. The molecule has 112 valence electrons. The first-order valence-corrected chi connectivity index (χ1v) is 7.73. The van der Waals surface area contributed by atoms with Gasteiger partial charge in [0, 0.05) is 17.7 Å². The smallest absolute Gasteiger partial charge is 0.0710 e. The summed E-state index contributed by atoms with van der Waals surface area (Å²) in [5, 5.41) is 9.97. The third-order valence-electron chi connectivity index (χ3n) is 3.81. The Bertz CT molecular complexity index is 596. The summed E-state index contributed by atoms with van der Waals surface area (Å²) in [5.74, 6) is 0. The van der Waals surface area contributed by atoms with Crippen LogP contribution >= 0.6 is 0 Å². The lowest BCUT2D eigenvalue weighted by molar-refractivity contribution is 0.163. The lowest BCUT2D eigenvalue weighted by atomic mass is 9.96. The van der Waals surface area contributed by atoms with E-state index in [1.807, 2.05) is 12.1 Å². The zero-order chi connectivity index (χ0) is 15.4. The van der Waals surface area contributed by atoms with E-state index >= 15 is 0 Å². The number of aliphatic hydroxyl groups excluding tert-OH is 1. The molecule has 0 fully saturated rings. The standard InChI is InChI=1S/C19H25NO/c1-5-7-17(21)12-16-8-6-9-18(20-16)19-14(3)10-13(2)11-15(19)4/h6,8-11,17,21H,5,7,12H2,1-4H3. The van der Waals surface area contributed by atoms with Crippen molar-refractivity contribution >= 4 is 0 Å². The Kier molecular flexibility index (Phi) is 5.13. The minimum absolute atomic E-state index is 0.294. The molecule has 2 rings (SSSR count). The molecular formula is C19H25NO. The maximum Gasteiger partial charge on any atom is 0.0710 e. The molecule has 1 heterocycles. The number of nitrogens with zero attached hydrogens (tertiary/aromatic N) is 1. The Balaban J connectivity index is 2.33. The van der Waals surface area contributed by atoms with Gasteiger partial charge in [-0.3, -0.25) is 4.98 Å². The van der Waals surface area contributed by atoms with Gasteiger partial charge in [0.1, 0.15) is 0 Å². The van der Waals surface area contributed by atoms with E-state index in [0.717, 1.165) is 24.2 Å². The molecule has 0 aliphatic rings. The second-order valence-corrected chi connectivity index (χ2v) is 5.93. The molecule has 0 spiro atoms. The van der Waals surface area contributed by atoms with Gasteiger partial charge in [-0.1, -0.05) is 37.1 Å². The van der Waals surface area contributed by atoms with Crippen molar-refractivity contribution in [2.24, 2.45) is 0 Å². The quantitative estimate of drug-likeness (QED) is 0.883. The highest BCUT2D eigenvalue weighted by Gasteiger charge is 2.10. The molecule has 0 bridgehead atoms. The molecule has 2 heteroatoms. The highest BCUT2D eigenvalue weighted by atomic mass is 16.3. The predicted molar refractivity (Wildman–Crippen MR) is 88.5 cm³/mol. The molecule has 0 saturated carbocycles. The van der Waals surface area contributed by atoms with Crippen LogP contribution < -0.4 is 0 Å². The molecule has 0 aliphatic heterocycles. The fraction of sp³-hybridized carbons (Fsp3) is 0.421. The minimum Gasteiger partial charge on any atom is -0.393 e. The molecule has 1 aromatic heterocycles. The highest BCUT2D eigenvalue weighted by molar-refractivity contribution is 5.68. The lowest BCUT2D eigenvalue weighted by Gasteiger charge is -2.13. The number of hydrogen-bond donors (Lipinski definition) is 1. The first-order valence-electron chi connectivity index (χ1n) is 7.73. The average molecular weight is 283 g/mol. The predicted octanol–water partition coefficient (Wildman–Crippen LogP) is 4.38. The molecule has 0 saturated heterocycles. The van der Waals surface area contributed by atoms with Gasteiger partial charge in [0.2, 0.25) is 0 Å². The van der Waals surface area contributed by atoms with Gasteiger partial charge in [0.15, 0.2) is 0 Å². The van der Waals surface area contributed by atoms with Gasteiger partial charge in [0.05, 0.1) is 11.8 Å². The molecule has 0 aliphatic carbocycles. The zero-order valence-electron chi connectivity index (χ0n) is 13.5. The third-order valence-corrected chi connectivity index (χ3v) is 3.81. The van der Waals surface area contributed by atoms with Crippen LogP contribution in [-0.4, -0.2) is 16.2 Å². The zero-order valence-corrected chi connectivity index (χ0v) is 13.5. The normalized spacial score (nSPS) is 12.4. The molecule has 0 radical (unpaired) electrons. The number of aliphatic hydroxyl groups is 1. The van der Waals surface area contributed by atoms with Crippen LogP contribution in [0.2, 0.25) is 0 Å². The van der Waals surface area contributed by atoms with E-state index in [1.165, 1.54) is 22.3 Å². The first kappa shape index (κ1) is 15.7. The second-order valence-electron chi connectivity index (χ2n) is 5.93. The molecular weight excluding hydrogens is 258 g/mol. The van der Waals surface area contributed by atoms with Gasteiger partial charge in [-0.05, 0) is 50.5 Å². The molecule has 1 N–H and O–H groups in total. The van der Waals surface area contributed by atoms with Crippen molar-refractivity contribution in [3.05, 3.63) is 52.7 Å². The summed E-state index contributed by atoms with van der Waals surface area (Å²) in [7, 11) is 0. The van der Waals surface area contributed by atoms with Crippen molar-refractivity contribution in [3.8, 4) is 11.3 Å². The lowest BCUT2D eigenvalue weighted by Crippen LogP contribution is -2.11. The summed E-state index contributed by atoms with van der Waals surface area (Å²) in [5.41, 5.74) is 6.98. The number of pyridine rings is 1. The number of rotatable bonds is 5. The van der Waals surface area contributed by atoms with Crippen LogP contribution in [0, 0.1) is 20.8 Å². The van der Waals surface area contributed by atoms with E-state index in [2.05, 4.69) is 45.9 Å². The Morgan fingerprint density at radius 2 is 1.76 bits per heavy atom. The van der Waals surface area contributed by atoms with E-state index in [-0.39, 0.29) is 6.10 Å². The van der Waals surface area contributed by atoms with Crippen molar-refractivity contribution in [1.82, 2.24) is 4.98 Å². The Morgan fingerprint density at radius 1 is 1.10 bits per heavy atom. The monoisotopic (exact) mass is 283 g/mol. The van der Waals surface area contributed by atoms with E-state index in [9.17, 15) is 5.11 Å². The SMILES string of the molecule is CCCC(O)Cc1cccc(-c2c(C)cc(C)cc2C)n1. The molecule has 21 heavy (non-hydrogen) atoms. The summed E-state index contributed by atoms with van der Waals surface area (Å²) in [6, 6.07) is 10.5. The average Bonchev–Trinajstić information content (AvgIpc) is 2.38. The van der Waals surface area contributed by atoms with Crippen molar-refractivity contribution in [1.29, 1.82) is 0 Å². The van der Waals surface area contributed by atoms with Gasteiger partial charge in [-0.15, -0.1) is 0 Å². The van der Waals surface area contributed by atoms with Crippen molar-refractivity contribution in [2.75, 3.05) is 0 Å². The Morgan fingerprint density at radius 3 is 2.38 bits per heavy atom. The fourth-order valence-corrected chi connectivity index (χ4v) is 2.99. The molecule has 2 nitrogen and oxygen atoms in total. The minimum atomic E-state index is -0.294. The van der Waals surface area contributed by atoms with Gasteiger partial charge < -0.3 is 5.11 Å². The van der Waals surface area contributed by atoms with Crippen LogP contribution in [-0.2, 0) is 6.42 Å². The summed E-state index contributed by atoms with van der Waals surface area (Å²) >= 11 is 0. The molecule has 2 aromatic rings. The number of hydrogen-bond acceptors (Lipinski definition) is 2. The largest absolute Gasteiger partial charge is 0.393 e. The van der Waals surface area contributed by atoms with Crippen molar-refractivity contribution in [3.63, 3.8) is 0 Å². The van der Waals surface area contributed by atoms with E-state index in [0.29, 0.717) is 6.42 Å². The Labute approximate surface area is 127 Å². The fourth-order valence-electron chi connectivity index (χ4n) is 2.99. The van der Waals surface area contributed by atoms with Crippen molar-refractivity contribution < 1.29 is 5.11 Å². The number of aromatic nitrogens is 1.